The Bertz CT molecular complexity index is 2060. The fourth-order valence-corrected chi connectivity index (χ4v) is 7.80. The Hall–Kier alpha value is -5.66. The summed E-state index contributed by atoms with van der Waals surface area (Å²) in [5, 5.41) is 9.40. The number of likely N-dealkylation sites (tertiary alicyclic amines) is 1. The van der Waals surface area contributed by atoms with Crippen LogP contribution >= 0.6 is 11.6 Å². The van der Waals surface area contributed by atoms with Gasteiger partial charge in [-0.1, -0.05) is 11.6 Å². The third-order valence-corrected chi connectivity index (χ3v) is 10.8. The Morgan fingerprint density at radius 2 is 1.64 bits per heavy atom. The number of anilines is 1. The lowest BCUT2D eigenvalue weighted by Gasteiger charge is -2.41. The number of imide groups is 2. The number of rotatable bonds is 11. The zero-order valence-corrected chi connectivity index (χ0v) is 30.5. The molecule has 55 heavy (non-hydrogen) atoms. The van der Waals surface area contributed by atoms with Crippen molar-refractivity contribution < 1.29 is 37.8 Å². The second kappa shape index (κ2) is 16.0. The Balaban J connectivity index is 0.912. The van der Waals surface area contributed by atoms with Gasteiger partial charge in [-0.3, -0.25) is 38.7 Å². The number of primary amides is 1. The quantitative estimate of drug-likeness (QED) is 0.221. The van der Waals surface area contributed by atoms with Crippen molar-refractivity contribution in [1.82, 2.24) is 24.7 Å². The molecule has 0 bridgehead atoms. The number of carbonyl (C=O) groups excluding carboxylic acids is 5. The van der Waals surface area contributed by atoms with E-state index in [4.69, 9.17) is 32.1 Å². The van der Waals surface area contributed by atoms with Crippen LogP contribution in [-0.2, 0) is 9.59 Å². The first kappa shape index (κ1) is 37.6. The molecule has 3 fully saturated rings. The van der Waals surface area contributed by atoms with Gasteiger partial charge >= 0.3 is 0 Å². The molecule has 286 valence electrons. The van der Waals surface area contributed by atoms with Gasteiger partial charge < -0.3 is 20.1 Å². The SMILES string of the molecule is N#Cc1ccc(OC2CCC(N3C(=O)CCC(N4C(=O)c5cc(F)c(OCCCN6CCN(c7ncc(C(N)=O)cn7)CC6)cc5C4=O)C3=O)CC2)cc1Cl. The summed E-state index contributed by atoms with van der Waals surface area (Å²) in [5.41, 5.74) is 5.63. The summed E-state index contributed by atoms with van der Waals surface area (Å²) in [6, 6.07) is 7.39. The average molecular weight is 773 g/mol. The van der Waals surface area contributed by atoms with E-state index in [1.165, 1.54) is 23.4 Å². The predicted molar refractivity (Wildman–Crippen MR) is 194 cm³/mol. The fraction of sp³-hybridized carbons (Fsp3) is 0.421. The number of ether oxygens (including phenoxy) is 2. The fourth-order valence-electron chi connectivity index (χ4n) is 7.59. The van der Waals surface area contributed by atoms with Gasteiger partial charge in [0.2, 0.25) is 11.9 Å². The number of fused-ring (bicyclic) bond motifs is 1. The lowest BCUT2D eigenvalue weighted by molar-refractivity contribution is -0.155. The first-order valence-corrected chi connectivity index (χ1v) is 18.6. The molecule has 1 unspecified atom stereocenters. The Morgan fingerprint density at radius 3 is 2.29 bits per heavy atom. The maximum absolute atomic E-state index is 15.2. The minimum atomic E-state index is -1.20. The van der Waals surface area contributed by atoms with E-state index in [9.17, 15) is 24.0 Å². The van der Waals surface area contributed by atoms with Gasteiger partial charge in [0, 0.05) is 63.6 Å². The van der Waals surface area contributed by atoms with Crippen LogP contribution in [0.1, 0.15) is 81.6 Å². The van der Waals surface area contributed by atoms with E-state index >= 15 is 4.39 Å². The molecule has 4 aliphatic rings. The van der Waals surface area contributed by atoms with Crippen molar-refractivity contribution in [2.75, 3.05) is 44.2 Å². The first-order chi connectivity index (χ1) is 26.5. The van der Waals surface area contributed by atoms with Crippen molar-refractivity contribution in [2.45, 2.75) is 63.1 Å². The van der Waals surface area contributed by atoms with Crippen LogP contribution in [-0.4, -0.2) is 112 Å². The largest absolute Gasteiger partial charge is 0.490 e. The van der Waals surface area contributed by atoms with E-state index in [0.29, 0.717) is 69.0 Å². The molecule has 2 saturated heterocycles. The second-order valence-corrected chi connectivity index (χ2v) is 14.3. The van der Waals surface area contributed by atoms with Crippen molar-refractivity contribution in [1.29, 1.82) is 5.26 Å². The molecule has 1 aromatic heterocycles. The summed E-state index contributed by atoms with van der Waals surface area (Å²) in [5.74, 6) is -3.04. The van der Waals surface area contributed by atoms with Gasteiger partial charge in [-0.25, -0.2) is 14.4 Å². The van der Waals surface area contributed by atoms with E-state index in [0.717, 1.165) is 24.1 Å². The minimum absolute atomic E-state index is 0.0216. The van der Waals surface area contributed by atoms with E-state index < -0.39 is 41.5 Å². The standard InChI is InChI=1S/C38H38ClFN8O7/c39-29-16-26(5-2-22(29)19-41)55-25-6-3-24(4-7-25)47-33(49)9-8-31(37(47)53)48-35(51)27-17-30(40)32(18-28(27)36(48)52)54-15-1-10-45-11-13-46(14-12-45)38-43-20-23(21-44-38)34(42)50/h2,5,16-18,20-21,24-25,31H,1,3-4,6-15H2,(H2,42,50). The topological polar surface area (TPSA) is 192 Å². The molecule has 7 rings (SSSR count). The Morgan fingerprint density at radius 1 is 0.945 bits per heavy atom. The number of halogens is 2. The molecule has 2 N–H and O–H groups in total. The number of carbonyl (C=O) groups is 5. The highest BCUT2D eigenvalue weighted by molar-refractivity contribution is 6.31. The average Bonchev–Trinajstić information content (AvgIpc) is 3.41. The molecule has 15 nitrogen and oxygen atoms in total. The second-order valence-electron chi connectivity index (χ2n) is 13.9. The molecule has 0 spiro atoms. The number of nitrogens with zero attached hydrogens (tertiary/aromatic N) is 7. The smallest absolute Gasteiger partial charge is 0.262 e. The summed E-state index contributed by atoms with van der Waals surface area (Å²) in [4.78, 5) is 80.1. The maximum atomic E-state index is 15.2. The zero-order chi connectivity index (χ0) is 38.8. The number of amides is 5. The number of hydrogen-bond donors (Lipinski definition) is 1. The number of nitrogens with two attached hydrogens (primary N) is 1. The van der Waals surface area contributed by atoms with Crippen LogP contribution < -0.4 is 20.1 Å². The molecule has 2 aromatic carbocycles. The van der Waals surface area contributed by atoms with E-state index in [1.807, 2.05) is 11.0 Å². The number of piperidine rings is 1. The third-order valence-electron chi connectivity index (χ3n) is 10.5. The van der Waals surface area contributed by atoms with Crippen molar-refractivity contribution in [3.63, 3.8) is 0 Å². The van der Waals surface area contributed by atoms with E-state index in [2.05, 4.69) is 14.9 Å². The van der Waals surface area contributed by atoms with Crippen LogP contribution in [0.5, 0.6) is 11.5 Å². The highest BCUT2D eigenvalue weighted by atomic mass is 35.5. The number of piperazine rings is 1. The van der Waals surface area contributed by atoms with Crippen LogP contribution in [0.2, 0.25) is 5.02 Å². The van der Waals surface area contributed by atoms with E-state index in [-0.39, 0.29) is 58.9 Å². The van der Waals surface area contributed by atoms with Crippen molar-refractivity contribution in [3.8, 4) is 17.6 Å². The molecule has 1 atom stereocenters. The molecule has 5 amide bonds. The summed E-state index contributed by atoms with van der Waals surface area (Å²) in [6.07, 6.45) is 5.15. The first-order valence-electron chi connectivity index (χ1n) is 18.2. The van der Waals surface area contributed by atoms with Crippen LogP contribution in [0.25, 0.3) is 0 Å². The molecule has 1 aliphatic carbocycles. The normalized spacial score (nSPS) is 21.8. The highest BCUT2D eigenvalue weighted by Crippen LogP contribution is 2.36. The minimum Gasteiger partial charge on any atom is -0.490 e. The van der Waals surface area contributed by atoms with Gasteiger partial charge in [-0.05, 0) is 62.8 Å². The summed E-state index contributed by atoms with van der Waals surface area (Å²) < 4.78 is 27.0. The molecule has 3 aliphatic heterocycles. The lowest BCUT2D eigenvalue weighted by Crippen LogP contribution is -2.59. The molecular formula is C38H38ClFN8O7. The van der Waals surface area contributed by atoms with Crippen molar-refractivity contribution in [3.05, 3.63) is 75.8 Å². The summed E-state index contributed by atoms with van der Waals surface area (Å²) in [6.45, 7) is 3.64. The molecule has 3 aromatic rings. The third kappa shape index (κ3) is 7.80. The van der Waals surface area contributed by atoms with Gasteiger partial charge in [0.1, 0.15) is 17.9 Å². The van der Waals surface area contributed by atoms with Crippen LogP contribution in [0.4, 0.5) is 10.3 Å². The maximum Gasteiger partial charge on any atom is 0.262 e. The molecule has 0 radical (unpaired) electrons. The number of nitriles is 1. The number of benzene rings is 2. The Kier molecular flexibility index (Phi) is 10.9. The van der Waals surface area contributed by atoms with Crippen molar-refractivity contribution in [2.24, 2.45) is 5.73 Å². The highest BCUT2D eigenvalue weighted by Gasteiger charge is 2.49. The van der Waals surface area contributed by atoms with Crippen LogP contribution in [0.15, 0.2) is 42.7 Å². The monoisotopic (exact) mass is 772 g/mol. The zero-order valence-electron chi connectivity index (χ0n) is 29.8. The number of hydrogen-bond acceptors (Lipinski definition) is 12. The summed E-state index contributed by atoms with van der Waals surface area (Å²) in [7, 11) is 0. The summed E-state index contributed by atoms with van der Waals surface area (Å²) >= 11 is 6.14. The molecule has 17 heteroatoms. The molecular weight excluding hydrogens is 735 g/mol. The van der Waals surface area contributed by atoms with Gasteiger partial charge in [-0.15, -0.1) is 0 Å². The van der Waals surface area contributed by atoms with Crippen molar-refractivity contribution >= 4 is 47.1 Å². The number of aromatic nitrogens is 2. The van der Waals surface area contributed by atoms with Gasteiger partial charge in [0.25, 0.3) is 23.6 Å². The van der Waals surface area contributed by atoms with Gasteiger partial charge in [-0.2, -0.15) is 5.26 Å². The van der Waals surface area contributed by atoms with E-state index in [1.54, 1.807) is 18.2 Å². The molecule has 1 saturated carbocycles. The molecule has 4 heterocycles. The van der Waals surface area contributed by atoms with Gasteiger partial charge in [0.05, 0.1) is 40.0 Å². The van der Waals surface area contributed by atoms with Crippen LogP contribution in [0.3, 0.4) is 0 Å². The van der Waals surface area contributed by atoms with Crippen LogP contribution in [0, 0.1) is 17.1 Å². The lowest BCUT2D eigenvalue weighted by atomic mass is 9.89. The predicted octanol–water partition coefficient (Wildman–Crippen LogP) is 3.33. The Labute approximate surface area is 320 Å². The van der Waals surface area contributed by atoms with Gasteiger partial charge in [0.15, 0.2) is 11.6 Å².